The van der Waals surface area contributed by atoms with E-state index in [1.807, 2.05) is 19.9 Å². The van der Waals surface area contributed by atoms with E-state index >= 15 is 0 Å². The normalized spacial score (nSPS) is 18.9. The van der Waals surface area contributed by atoms with Crippen molar-refractivity contribution in [1.82, 2.24) is 0 Å². The number of nitrogens with two attached hydrogens (primary N) is 1. The van der Waals surface area contributed by atoms with Gasteiger partial charge < -0.3 is 15.4 Å². The summed E-state index contributed by atoms with van der Waals surface area (Å²) in [6.45, 7) is 4.46. The van der Waals surface area contributed by atoms with Crippen LogP contribution in [0.4, 0.5) is 5.69 Å². The number of hydrogen-bond donors (Lipinski definition) is 1. The van der Waals surface area contributed by atoms with Crippen molar-refractivity contribution in [2.75, 3.05) is 18.5 Å². The van der Waals surface area contributed by atoms with E-state index < -0.39 is 6.10 Å². The van der Waals surface area contributed by atoms with Crippen LogP contribution in [0, 0.1) is 13.8 Å². The molecule has 4 heteroatoms. The second-order valence-corrected chi connectivity index (χ2v) is 4.51. The van der Waals surface area contributed by atoms with Gasteiger partial charge in [0.15, 0.2) is 6.10 Å². The van der Waals surface area contributed by atoms with Gasteiger partial charge in [-0.25, -0.2) is 0 Å². The van der Waals surface area contributed by atoms with Crippen molar-refractivity contribution >= 4 is 11.6 Å². The fraction of sp³-hybridized carbons (Fsp3) is 0.462. The first-order chi connectivity index (χ1) is 8.04. The molecule has 1 heterocycles. The number of anilines is 1. The Bertz CT molecular complexity index is 457. The van der Waals surface area contributed by atoms with Crippen molar-refractivity contribution in [2.24, 2.45) is 5.73 Å². The van der Waals surface area contributed by atoms with E-state index in [-0.39, 0.29) is 5.91 Å². The highest BCUT2D eigenvalue weighted by molar-refractivity contribution is 6.00. The Morgan fingerprint density at radius 2 is 2.12 bits per heavy atom. The summed E-state index contributed by atoms with van der Waals surface area (Å²) in [6, 6.07) is 4.02. The molecule has 1 aliphatic heterocycles. The third-order valence-corrected chi connectivity index (χ3v) is 3.05. The highest BCUT2D eigenvalue weighted by Gasteiger charge is 2.32. The Balaban J connectivity index is 2.45. The smallest absolute Gasteiger partial charge is 0.267 e. The van der Waals surface area contributed by atoms with Crippen LogP contribution in [0.3, 0.4) is 0 Å². The first-order valence-corrected chi connectivity index (χ1v) is 5.80. The van der Waals surface area contributed by atoms with Gasteiger partial charge in [0, 0.05) is 13.5 Å². The molecule has 1 aromatic carbocycles. The predicted molar refractivity (Wildman–Crippen MR) is 67.4 cm³/mol. The van der Waals surface area contributed by atoms with Crippen LogP contribution in [0.2, 0.25) is 0 Å². The average Bonchev–Trinajstić information content (AvgIpc) is 2.24. The third kappa shape index (κ3) is 2.00. The summed E-state index contributed by atoms with van der Waals surface area (Å²) in [5, 5.41) is 0. The summed E-state index contributed by atoms with van der Waals surface area (Å²) in [5.41, 5.74) is 8.56. The van der Waals surface area contributed by atoms with Gasteiger partial charge in [-0.05, 0) is 37.6 Å². The largest absolute Gasteiger partial charge is 0.478 e. The number of aryl methyl sites for hydroxylation is 2. The van der Waals surface area contributed by atoms with E-state index in [0.717, 1.165) is 22.6 Å². The molecule has 1 aliphatic rings. The summed E-state index contributed by atoms with van der Waals surface area (Å²) < 4.78 is 5.75. The fourth-order valence-electron chi connectivity index (χ4n) is 2.30. The van der Waals surface area contributed by atoms with Crippen molar-refractivity contribution in [3.63, 3.8) is 0 Å². The number of amides is 1. The van der Waals surface area contributed by atoms with Gasteiger partial charge in [-0.2, -0.15) is 0 Å². The monoisotopic (exact) mass is 234 g/mol. The molecule has 0 bridgehead atoms. The minimum Gasteiger partial charge on any atom is -0.478 e. The number of hydrogen-bond acceptors (Lipinski definition) is 3. The van der Waals surface area contributed by atoms with Crippen LogP contribution in [0.5, 0.6) is 5.75 Å². The summed E-state index contributed by atoms with van der Waals surface area (Å²) in [4.78, 5) is 13.7. The number of likely N-dealkylation sites (N-methyl/N-ethyl adjacent to an activating group) is 1. The quantitative estimate of drug-likeness (QED) is 0.841. The van der Waals surface area contributed by atoms with Gasteiger partial charge in [-0.3, -0.25) is 4.79 Å². The van der Waals surface area contributed by atoms with Crippen molar-refractivity contribution in [1.29, 1.82) is 0 Å². The summed E-state index contributed by atoms with van der Waals surface area (Å²) in [5.74, 6) is 0.762. The van der Waals surface area contributed by atoms with Crippen LogP contribution in [0.25, 0.3) is 0 Å². The number of ether oxygens (including phenoxy) is 1. The Hall–Kier alpha value is -1.55. The molecule has 1 aromatic rings. The van der Waals surface area contributed by atoms with Gasteiger partial charge in [-0.1, -0.05) is 6.07 Å². The molecule has 1 atom stereocenters. The first kappa shape index (κ1) is 11.9. The molecule has 0 spiro atoms. The van der Waals surface area contributed by atoms with E-state index in [0.29, 0.717) is 13.0 Å². The zero-order chi connectivity index (χ0) is 12.6. The van der Waals surface area contributed by atoms with E-state index in [1.165, 1.54) is 0 Å². The molecular formula is C13H18N2O2. The molecule has 92 valence electrons. The Morgan fingerprint density at radius 1 is 1.41 bits per heavy atom. The number of nitrogens with zero attached hydrogens (tertiary/aromatic N) is 1. The maximum Gasteiger partial charge on any atom is 0.267 e. The molecule has 1 unspecified atom stereocenters. The molecule has 0 saturated carbocycles. The minimum atomic E-state index is -0.446. The van der Waals surface area contributed by atoms with Crippen LogP contribution >= 0.6 is 0 Å². The minimum absolute atomic E-state index is 0.0186. The second kappa shape index (κ2) is 4.37. The van der Waals surface area contributed by atoms with Crippen molar-refractivity contribution in [3.8, 4) is 5.75 Å². The van der Waals surface area contributed by atoms with Crippen LogP contribution < -0.4 is 15.4 Å². The van der Waals surface area contributed by atoms with Crippen molar-refractivity contribution < 1.29 is 9.53 Å². The molecule has 2 rings (SSSR count). The lowest BCUT2D eigenvalue weighted by molar-refractivity contribution is -0.126. The molecule has 4 nitrogen and oxygen atoms in total. The van der Waals surface area contributed by atoms with E-state index in [2.05, 4.69) is 6.07 Å². The molecular weight excluding hydrogens is 216 g/mol. The average molecular weight is 234 g/mol. The molecule has 17 heavy (non-hydrogen) atoms. The van der Waals surface area contributed by atoms with Crippen molar-refractivity contribution in [3.05, 3.63) is 23.3 Å². The van der Waals surface area contributed by atoms with Crippen LogP contribution in [-0.2, 0) is 4.79 Å². The number of fused-ring (bicyclic) bond motifs is 1. The molecule has 0 aromatic heterocycles. The molecule has 0 aliphatic carbocycles. The molecule has 0 saturated heterocycles. The van der Waals surface area contributed by atoms with E-state index in [1.54, 1.807) is 11.9 Å². The lowest BCUT2D eigenvalue weighted by Crippen LogP contribution is -2.45. The van der Waals surface area contributed by atoms with Gasteiger partial charge in [0.05, 0.1) is 5.69 Å². The maximum atomic E-state index is 12.1. The zero-order valence-electron chi connectivity index (χ0n) is 10.5. The Morgan fingerprint density at radius 3 is 2.76 bits per heavy atom. The predicted octanol–water partition coefficient (Wildman–Crippen LogP) is 1.38. The van der Waals surface area contributed by atoms with Gasteiger partial charge >= 0.3 is 0 Å². The molecule has 2 N–H and O–H groups in total. The standard InChI is InChI=1S/C13H18N2O2/c1-8-6-9(2)12-11(7-8)17-10(4-5-14)13(16)15(12)3/h6-7,10H,4-5,14H2,1-3H3. The number of rotatable bonds is 2. The van der Waals surface area contributed by atoms with E-state index in [9.17, 15) is 4.79 Å². The Kier molecular flexibility index (Phi) is 3.07. The van der Waals surface area contributed by atoms with E-state index in [4.69, 9.17) is 10.5 Å². The number of carbonyl (C=O) groups excluding carboxylic acids is 1. The van der Waals surface area contributed by atoms with Crippen molar-refractivity contribution in [2.45, 2.75) is 26.4 Å². The highest BCUT2D eigenvalue weighted by atomic mass is 16.5. The maximum absolute atomic E-state index is 12.1. The zero-order valence-corrected chi connectivity index (χ0v) is 10.5. The number of carbonyl (C=O) groups is 1. The van der Waals surface area contributed by atoms with Gasteiger partial charge in [-0.15, -0.1) is 0 Å². The van der Waals surface area contributed by atoms with Gasteiger partial charge in [0.1, 0.15) is 5.75 Å². The van der Waals surface area contributed by atoms with Gasteiger partial charge in [0.2, 0.25) is 0 Å². The summed E-state index contributed by atoms with van der Waals surface area (Å²) >= 11 is 0. The van der Waals surface area contributed by atoms with Crippen LogP contribution in [0.15, 0.2) is 12.1 Å². The molecule has 0 radical (unpaired) electrons. The first-order valence-electron chi connectivity index (χ1n) is 5.80. The topological polar surface area (TPSA) is 55.6 Å². The third-order valence-electron chi connectivity index (χ3n) is 3.05. The lowest BCUT2D eigenvalue weighted by atomic mass is 10.1. The molecule has 1 amide bonds. The van der Waals surface area contributed by atoms with Crippen LogP contribution in [0.1, 0.15) is 17.5 Å². The summed E-state index contributed by atoms with van der Waals surface area (Å²) in [7, 11) is 1.79. The fourth-order valence-corrected chi connectivity index (χ4v) is 2.30. The summed E-state index contributed by atoms with van der Waals surface area (Å²) in [6.07, 6.45) is 0.106. The van der Waals surface area contributed by atoms with Gasteiger partial charge in [0.25, 0.3) is 5.91 Å². The highest BCUT2D eigenvalue weighted by Crippen LogP contribution is 2.37. The number of benzene rings is 1. The Labute approximate surface area is 101 Å². The molecule has 0 fully saturated rings. The SMILES string of the molecule is Cc1cc(C)c2c(c1)OC(CCN)C(=O)N2C. The van der Waals surface area contributed by atoms with Crippen LogP contribution in [-0.4, -0.2) is 25.6 Å². The lowest BCUT2D eigenvalue weighted by Gasteiger charge is -2.33. The second-order valence-electron chi connectivity index (χ2n) is 4.51.